The quantitative estimate of drug-likeness (QED) is 0.763. The number of nitrogens with zero attached hydrogens (tertiary/aromatic N) is 2. The summed E-state index contributed by atoms with van der Waals surface area (Å²) in [5.41, 5.74) is 0.193. The number of nitrogens with one attached hydrogen (secondary N) is 1. The maximum absolute atomic E-state index is 12.1. The fourth-order valence-electron chi connectivity index (χ4n) is 1.84. The largest absolute Gasteiger partial charge is 0.284 e. The van der Waals surface area contributed by atoms with Gasteiger partial charge >= 0.3 is 0 Å². The third-order valence-corrected chi connectivity index (χ3v) is 4.42. The highest BCUT2D eigenvalue weighted by atomic mass is 32.2. The Balaban J connectivity index is 2.26. The molecule has 0 bridgehead atoms. The fourth-order valence-corrected chi connectivity index (χ4v) is 3.07. The van der Waals surface area contributed by atoms with Crippen LogP contribution in [0.5, 0.6) is 0 Å². The fraction of sp³-hybridized carbons (Fsp3) is 0.250. The second-order valence-corrected chi connectivity index (χ2v) is 6.02. The molecule has 1 aromatic carbocycles. The van der Waals surface area contributed by atoms with Gasteiger partial charge in [-0.05, 0) is 18.2 Å². The van der Waals surface area contributed by atoms with Crippen LogP contribution >= 0.6 is 0 Å². The van der Waals surface area contributed by atoms with Gasteiger partial charge in [-0.1, -0.05) is 6.07 Å². The molecule has 0 radical (unpaired) electrons. The summed E-state index contributed by atoms with van der Waals surface area (Å²) in [6.07, 6.45) is -0.202. The Morgan fingerprint density at radius 3 is 2.65 bits per heavy atom. The van der Waals surface area contributed by atoms with Crippen LogP contribution in [0.2, 0.25) is 0 Å². The van der Waals surface area contributed by atoms with E-state index >= 15 is 0 Å². The minimum absolute atomic E-state index is 0.119. The Bertz CT molecular complexity index is 720. The van der Waals surface area contributed by atoms with Crippen LogP contribution in [0.1, 0.15) is 12.0 Å². The topological polar surface area (TPSA) is 107 Å². The van der Waals surface area contributed by atoms with Gasteiger partial charge in [0.05, 0.1) is 22.9 Å². The molecule has 1 aliphatic rings. The van der Waals surface area contributed by atoms with Gasteiger partial charge in [-0.2, -0.15) is 9.98 Å². The molecule has 1 N–H and O–H groups in total. The maximum atomic E-state index is 12.1. The number of amides is 2. The average molecular weight is 293 g/mol. The van der Waals surface area contributed by atoms with Crippen molar-refractivity contribution >= 4 is 21.8 Å². The predicted molar refractivity (Wildman–Crippen MR) is 67.7 cm³/mol. The van der Waals surface area contributed by atoms with Gasteiger partial charge in [-0.15, -0.1) is 0 Å². The van der Waals surface area contributed by atoms with E-state index in [0.717, 1.165) is 4.90 Å². The first-order valence-corrected chi connectivity index (χ1v) is 7.16. The summed E-state index contributed by atoms with van der Waals surface area (Å²) >= 11 is 0. The molecule has 7 nitrogen and oxygen atoms in total. The van der Waals surface area contributed by atoms with Gasteiger partial charge in [0, 0.05) is 7.05 Å². The van der Waals surface area contributed by atoms with Crippen molar-refractivity contribution in [2.45, 2.75) is 17.4 Å². The predicted octanol–water partition coefficient (Wildman–Crippen LogP) is -0.406. The summed E-state index contributed by atoms with van der Waals surface area (Å²) < 4.78 is 26.4. The van der Waals surface area contributed by atoms with Crippen molar-refractivity contribution in [2.75, 3.05) is 7.05 Å². The molecule has 2 amide bonds. The van der Waals surface area contributed by atoms with Gasteiger partial charge in [0.2, 0.25) is 21.8 Å². The number of carbonyl (C=O) groups is 2. The molecule has 1 aliphatic heterocycles. The SMILES string of the molecule is CN1C(=O)CC(NS(=O)(=O)c2cccc(C#N)c2)C1=O. The lowest BCUT2D eigenvalue weighted by Gasteiger charge is -2.11. The molecule has 0 aliphatic carbocycles. The minimum atomic E-state index is -3.96. The number of nitriles is 1. The number of rotatable bonds is 3. The second-order valence-electron chi connectivity index (χ2n) is 4.31. The Morgan fingerprint density at radius 2 is 2.10 bits per heavy atom. The van der Waals surface area contributed by atoms with E-state index in [4.69, 9.17) is 5.26 Å². The molecular weight excluding hydrogens is 282 g/mol. The summed E-state index contributed by atoms with van der Waals surface area (Å²) in [6.45, 7) is 0. The van der Waals surface area contributed by atoms with Gasteiger partial charge < -0.3 is 0 Å². The van der Waals surface area contributed by atoms with Gasteiger partial charge in [0.15, 0.2) is 0 Å². The van der Waals surface area contributed by atoms with Crippen LogP contribution in [-0.4, -0.2) is 38.2 Å². The molecule has 1 heterocycles. The van der Waals surface area contributed by atoms with E-state index in [9.17, 15) is 18.0 Å². The zero-order chi connectivity index (χ0) is 14.9. The van der Waals surface area contributed by atoms with Crippen molar-refractivity contribution in [3.05, 3.63) is 29.8 Å². The van der Waals surface area contributed by atoms with Crippen LogP contribution in [-0.2, 0) is 19.6 Å². The van der Waals surface area contributed by atoms with E-state index < -0.39 is 27.9 Å². The Morgan fingerprint density at radius 1 is 1.40 bits per heavy atom. The summed E-state index contributed by atoms with van der Waals surface area (Å²) in [5.74, 6) is -1.02. The van der Waals surface area contributed by atoms with E-state index in [2.05, 4.69) is 4.72 Å². The number of carbonyl (C=O) groups excluding carboxylic acids is 2. The molecule has 20 heavy (non-hydrogen) atoms. The summed E-state index contributed by atoms with van der Waals surface area (Å²) in [6, 6.07) is 6.16. The summed E-state index contributed by atoms with van der Waals surface area (Å²) in [5, 5.41) is 8.75. The van der Waals surface area contributed by atoms with E-state index in [-0.39, 0.29) is 16.9 Å². The van der Waals surface area contributed by atoms with Crippen LogP contribution in [0.4, 0.5) is 0 Å². The number of likely N-dealkylation sites (tertiary alicyclic amines) is 1. The lowest BCUT2D eigenvalue weighted by atomic mass is 10.2. The van der Waals surface area contributed by atoms with Crippen molar-refractivity contribution in [2.24, 2.45) is 0 Å². The number of benzene rings is 1. The van der Waals surface area contributed by atoms with Crippen LogP contribution in [0, 0.1) is 11.3 Å². The lowest BCUT2D eigenvalue weighted by Crippen LogP contribution is -2.40. The highest BCUT2D eigenvalue weighted by Crippen LogP contribution is 2.16. The first-order chi connectivity index (χ1) is 9.35. The van der Waals surface area contributed by atoms with E-state index in [1.165, 1.54) is 31.3 Å². The molecule has 1 fully saturated rings. The van der Waals surface area contributed by atoms with E-state index in [1.807, 2.05) is 6.07 Å². The zero-order valence-corrected chi connectivity index (χ0v) is 11.3. The van der Waals surface area contributed by atoms with Crippen molar-refractivity contribution in [3.63, 3.8) is 0 Å². The van der Waals surface area contributed by atoms with Crippen LogP contribution in [0.15, 0.2) is 29.2 Å². The highest BCUT2D eigenvalue weighted by molar-refractivity contribution is 7.89. The number of hydrogen-bond donors (Lipinski definition) is 1. The maximum Gasteiger partial charge on any atom is 0.247 e. The molecule has 104 valence electrons. The molecule has 2 rings (SSSR count). The molecule has 0 saturated carbocycles. The van der Waals surface area contributed by atoms with Crippen molar-refractivity contribution in [3.8, 4) is 6.07 Å². The summed E-state index contributed by atoms with van der Waals surface area (Å²) in [4.78, 5) is 23.8. The van der Waals surface area contributed by atoms with Gasteiger partial charge in [-0.3, -0.25) is 14.5 Å². The Labute approximate surface area is 115 Å². The second kappa shape index (κ2) is 5.03. The molecule has 1 atom stereocenters. The molecule has 1 saturated heterocycles. The average Bonchev–Trinajstić information content (AvgIpc) is 2.66. The third kappa shape index (κ3) is 2.54. The number of sulfonamides is 1. The molecule has 8 heteroatoms. The number of likely N-dealkylation sites (N-methyl/N-ethyl adjacent to an activating group) is 1. The number of hydrogen-bond acceptors (Lipinski definition) is 5. The van der Waals surface area contributed by atoms with Crippen LogP contribution in [0.25, 0.3) is 0 Å². The Kier molecular flexibility index (Phi) is 3.57. The zero-order valence-electron chi connectivity index (χ0n) is 10.5. The molecule has 1 aromatic rings. The first-order valence-electron chi connectivity index (χ1n) is 5.68. The molecule has 0 spiro atoms. The van der Waals surface area contributed by atoms with Crippen molar-refractivity contribution < 1.29 is 18.0 Å². The first kappa shape index (κ1) is 14.2. The van der Waals surface area contributed by atoms with Gasteiger partial charge in [0.25, 0.3) is 0 Å². The highest BCUT2D eigenvalue weighted by Gasteiger charge is 2.38. The standard InChI is InChI=1S/C12H11N3O4S/c1-15-11(16)6-10(12(15)17)14-20(18,19)9-4-2-3-8(5-9)7-13/h2-5,10,14H,6H2,1H3. The third-order valence-electron chi connectivity index (χ3n) is 2.95. The molecule has 1 unspecified atom stereocenters. The number of imide groups is 1. The van der Waals surface area contributed by atoms with E-state index in [1.54, 1.807) is 0 Å². The minimum Gasteiger partial charge on any atom is -0.284 e. The van der Waals surface area contributed by atoms with Crippen LogP contribution < -0.4 is 4.72 Å². The molecule has 0 aromatic heterocycles. The smallest absolute Gasteiger partial charge is 0.247 e. The van der Waals surface area contributed by atoms with Crippen molar-refractivity contribution in [1.29, 1.82) is 5.26 Å². The van der Waals surface area contributed by atoms with Gasteiger partial charge in [-0.25, -0.2) is 8.42 Å². The normalized spacial score (nSPS) is 19.2. The van der Waals surface area contributed by atoms with Crippen molar-refractivity contribution in [1.82, 2.24) is 9.62 Å². The van der Waals surface area contributed by atoms with Gasteiger partial charge in [0.1, 0.15) is 6.04 Å². The Hall–Kier alpha value is -2.24. The summed E-state index contributed by atoms with van der Waals surface area (Å²) in [7, 11) is -2.66. The van der Waals surface area contributed by atoms with E-state index in [0.29, 0.717) is 0 Å². The van der Waals surface area contributed by atoms with Crippen LogP contribution in [0.3, 0.4) is 0 Å². The monoisotopic (exact) mass is 293 g/mol. The molecular formula is C12H11N3O4S. The lowest BCUT2D eigenvalue weighted by molar-refractivity contribution is -0.137.